The predicted octanol–water partition coefficient (Wildman–Crippen LogP) is 1.54. The number of ether oxygens (including phenoxy) is 1. The number of carbonyl (C=O) groups excluding carboxylic acids is 1. The molecule has 1 aliphatic carbocycles. The number of hydrogen-bond acceptors (Lipinski definition) is 3. The van der Waals surface area contributed by atoms with E-state index >= 15 is 0 Å². The van der Waals surface area contributed by atoms with E-state index < -0.39 is 5.54 Å². The second-order valence-corrected chi connectivity index (χ2v) is 5.21. The summed E-state index contributed by atoms with van der Waals surface area (Å²) in [4.78, 5) is 14.3. The normalized spacial score (nSPS) is 16.7. The molecule has 1 amide bonds. The maximum absolute atomic E-state index is 12.5. The van der Waals surface area contributed by atoms with Gasteiger partial charge in [-0.15, -0.1) is 0 Å². The van der Waals surface area contributed by atoms with E-state index in [0.29, 0.717) is 19.7 Å². The highest BCUT2D eigenvalue weighted by molar-refractivity contribution is 5.87. The standard InChI is InChI=1S/C15H22N2O2/c1-19-11-10-17(12-13-6-3-2-4-7-13)14(18)15(16)8-5-9-15/h2-4,6-7H,5,8-12,16H2,1H3. The first-order valence-electron chi connectivity index (χ1n) is 6.77. The lowest BCUT2D eigenvalue weighted by atomic mass is 9.76. The third-order valence-corrected chi connectivity index (χ3v) is 3.74. The molecule has 104 valence electrons. The Morgan fingerprint density at radius 1 is 1.37 bits per heavy atom. The van der Waals surface area contributed by atoms with Gasteiger partial charge >= 0.3 is 0 Å². The van der Waals surface area contributed by atoms with E-state index in [-0.39, 0.29) is 5.91 Å². The molecule has 0 spiro atoms. The summed E-state index contributed by atoms with van der Waals surface area (Å²) >= 11 is 0. The summed E-state index contributed by atoms with van der Waals surface area (Å²) < 4.78 is 5.09. The first-order valence-corrected chi connectivity index (χ1v) is 6.77. The first-order chi connectivity index (χ1) is 9.15. The van der Waals surface area contributed by atoms with Crippen molar-refractivity contribution < 1.29 is 9.53 Å². The van der Waals surface area contributed by atoms with Crippen LogP contribution in [-0.4, -0.2) is 36.6 Å². The lowest BCUT2D eigenvalue weighted by molar-refractivity contribution is -0.141. The average molecular weight is 262 g/mol. The van der Waals surface area contributed by atoms with Crippen LogP contribution >= 0.6 is 0 Å². The molecule has 0 unspecified atom stereocenters. The summed E-state index contributed by atoms with van der Waals surface area (Å²) in [6.07, 6.45) is 2.64. The van der Waals surface area contributed by atoms with E-state index in [9.17, 15) is 4.79 Å². The summed E-state index contributed by atoms with van der Waals surface area (Å²) in [5, 5.41) is 0. The van der Waals surface area contributed by atoms with Gasteiger partial charge in [-0.3, -0.25) is 4.79 Å². The number of nitrogens with two attached hydrogens (primary N) is 1. The minimum atomic E-state index is -0.636. The molecule has 0 bridgehead atoms. The van der Waals surface area contributed by atoms with Gasteiger partial charge in [0.25, 0.3) is 0 Å². The molecule has 4 nitrogen and oxygen atoms in total. The second kappa shape index (κ2) is 6.17. The van der Waals surface area contributed by atoms with Crippen molar-refractivity contribution >= 4 is 5.91 Å². The summed E-state index contributed by atoms with van der Waals surface area (Å²) in [6.45, 7) is 1.72. The van der Waals surface area contributed by atoms with Crippen molar-refractivity contribution in [3.63, 3.8) is 0 Å². The molecular weight excluding hydrogens is 240 g/mol. The van der Waals surface area contributed by atoms with Gasteiger partial charge in [0, 0.05) is 20.2 Å². The largest absolute Gasteiger partial charge is 0.383 e. The van der Waals surface area contributed by atoms with Gasteiger partial charge in [0.1, 0.15) is 0 Å². The van der Waals surface area contributed by atoms with Crippen molar-refractivity contribution in [3.05, 3.63) is 35.9 Å². The Kier molecular flexibility index (Phi) is 4.56. The third kappa shape index (κ3) is 3.33. The molecule has 0 heterocycles. The fourth-order valence-electron chi connectivity index (χ4n) is 2.34. The Morgan fingerprint density at radius 2 is 2.05 bits per heavy atom. The summed E-state index contributed by atoms with van der Waals surface area (Å²) in [5.74, 6) is 0.0552. The highest BCUT2D eigenvalue weighted by atomic mass is 16.5. The van der Waals surface area contributed by atoms with Gasteiger partial charge in [-0.25, -0.2) is 0 Å². The Labute approximate surface area is 114 Å². The van der Waals surface area contributed by atoms with E-state index in [1.54, 1.807) is 7.11 Å². The van der Waals surface area contributed by atoms with Crippen LogP contribution in [-0.2, 0) is 16.1 Å². The number of methoxy groups -OCH3 is 1. The summed E-state index contributed by atoms with van der Waals surface area (Å²) in [7, 11) is 1.65. The van der Waals surface area contributed by atoms with E-state index in [1.807, 2.05) is 35.2 Å². The second-order valence-electron chi connectivity index (χ2n) is 5.21. The number of hydrogen-bond donors (Lipinski definition) is 1. The van der Waals surface area contributed by atoms with Crippen molar-refractivity contribution in [1.29, 1.82) is 0 Å². The zero-order chi connectivity index (χ0) is 13.7. The van der Waals surface area contributed by atoms with Gasteiger partial charge in [0.15, 0.2) is 0 Å². The molecule has 1 aliphatic rings. The molecular formula is C15H22N2O2. The quantitative estimate of drug-likeness (QED) is 0.846. The van der Waals surface area contributed by atoms with Crippen LogP contribution in [0.1, 0.15) is 24.8 Å². The molecule has 19 heavy (non-hydrogen) atoms. The first kappa shape index (κ1) is 14.0. The van der Waals surface area contributed by atoms with Crippen LogP contribution in [0.25, 0.3) is 0 Å². The van der Waals surface area contributed by atoms with E-state index in [2.05, 4.69) is 0 Å². The lowest BCUT2D eigenvalue weighted by Gasteiger charge is -2.40. The number of rotatable bonds is 6. The minimum Gasteiger partial charge on any atom is -0.383 e. The molecule has 1 aromatic rings. The van der Waals surface area contributed by atoms with E-state index in [4.69, 9.17) is 10.5 Å². The van der Waals surface area contributed by atoms with Crippen molar-refractivity contribution in [2.24, 2.45) is 5.73 Å². The molecule has 0 atom stereocenters. The van der Waals surface area contributed by atoms with E-state index in [0.717, 1.165) is 24.8 Å². The Bertz CT molecular complexity index is 415. The lowest BCUT2D eigenvalue weighted by Crippen LogP contribution is -2.59. The highest BCUT2D eigenvalue weighted by Gasteiger charge is 2.42. The average Bonchev–Trinajstić information content (AvgIpc) is 2.41. The van der Waals surface area contributed by atoms with Crippen molar-refractivity contribution in [1.82, 2.24) is 4.90 Å². The molecule has 1 aromatic carbocycles. The van der Waals surface area contributed by atoms with Crippen LogP contribution in [0.4, 0.5) is 0 Å². The number of carbonyl (C=O) groups is 1. The van der Waals surface area contributed by atoms with Gasteiger partial charge in [0.2, 0.25) is 5.91 Å². The number of benzene rings is 1. The van der Waals surface area contributed by atoms with Crippen LogP contribution in [0.15, 0.2) is 30.3 Å². The zero-order valence-corrected chi connectivity index (χ0v) is 11.5. The molecule has 1 fully saturated rings. The monoisotopic (exact) mass is 262 g/mol. The SMILES string of the molecule is COCCN(Cc1ccccc1)C(=O)C1(N)CCC1. The molecule has 1 saturated carbocycles. The van der Waals surface area contributed by atoms with Gasteiger partial charge in [0.05, 0.1) is 12.1 Å². The molecule has 2 rings (SSSR count). The molecule has 2 N–H and O–H groups in total. The van der Waals surface area contributed by atoms with Gasteiger partial charge in [-0.1, -0.05) is 30.3 Å². The fourth-order valence-corrected chi connectivity index (χ4v) is 2.34. The van der Waals surface area contributed by atoms with Crippen LogP contribution in [0.2, 0.25) is 0 Å². The molecule has 0 saturated heterocycles. The minimum absolute atomic E-state index is 0.0552. The smallest absolute Gasteiger partial charge is 0.243 e. The predicted molar refractivity (Wildman–Crippen MR) is 74.5 cm³/mol. The highest BCUT2D eigenvalue weighted by Crippen LogP contribution is 2.31. The summed E-state index contributed by atoms with van der Waals surface area (Å²) in [6, 6.07) is 9.99. The van der Waals surface area contributed by atoms with Crippen molar-refractivity contribution in [2.75, 3.05) is 20.3 Å². The molecule has 0 aliphatic heterocycles. The van der Waals surface area contributed by atoms with Crippen LogP contribution in [0, 0.1) is 0 Å². The summed E-state index contributed by atoms with van der Waals surface area (Å²) in [5.41, 5.74) is 6.62. The molecule has 0 aromatic heterocycles. The maximum Gasteiger partial charge on any atom is 0.243 e. The Balaban J connectivity index is 2.05. The van der Waals surface area contributed by atoms with Crippen molar-refractivity contribution in [2.45, 2.75) is 31.3 Å². The molecule has 0 radical (unpaired) electrons. The number of nitrogens with zero attached hydrogens (tertiary/aromatic N) is 1. The molecule has 4 heteroatoms. The topological polar surface area (TPSA) is 55.6 Å². The fraction of sp³-hybridized carbons (Fsp3) is 0.533. The van der Waals surface area contributed by atoms with Gasteiger partial charge < -0.3 is 15.4 Å². The third-order valence-electron chi connectivity index (χ3n) is 3.74. The zero-order valence-electron chi connectivity index (χ0n) is 11.5. The van der Waals surface area contributed by atoms with Gasteiger partial charge in [-0.2, -0.15) is 0 Å². The van der Waals surface area contributed by atoms with Crippen LogP contribution in [0.5, 0.6) is 0 Å². The van der Waals surface area contributed by atoms with Crippen LogP contribution in [0.3, 0.4) is 0 Å². The van der Waals surface area contributed by atoms with Crippen molar-refractivity contribution in [3.8, 4) is 0 Å². The number of amides is 1. The van der Waals surface area contributed by atoms with Crippen LogP contribution < -0.4 is 5.73 Å². The Hall–Kier alpha value is -1.39. The van der Waals surface area contributed by atoms with Gasteiger partial charge in [-0.05, 0) is 24.8 Å². The maximum atomic E-state index is 12.5. The Morgan fingerprint density at radius 3 is 2.58 bits per heavy atom. The van der Waals surface area contributed by atoms with E-state index in [1.165, 1.54) is 0 Å².